The molecule has 1 heterocycles. The second-order valence-corrected chi connectivity index (χ2v) is 5.28. The lowest BCUT2D eigenvalue weighted by Gasteiger charge is -2.07. The molecule has 1 aromatic carbocycles. The summed E-state index contributed by atoms with van der Waals surface area (Å²) in [5.74, 6) is 0.946. The Kier molecular flexibility index (Phi) is 3.54. The highest BCUT2D eigenvalue weighted by atomic mass is 16.1. The van der Waals surface area contributed by atoms with Crippen LogP contribution in [0.1, 0.15) is 29.7 Å². The van der Waals surface area contributed by atoms with Crippen LogP contribution in [0.15, 0.2) is 30.3 Å². The molecular weight excluding hydrogens is 250 g/mol. The van der Waals surface area contributed by atoms with Crippen LogP contribution in [0, 0.1) is 0 Å². The molecule has 0 radical (unpaired) electrons. The van der Waals surface area contributed by atoms with Gasteiger partial charge in [-0.1, -0.05) is 30.3 Å². The average Bonchev–Trinajstić information content (AvgIpc) is 3.01. The number of hydrogen-bond donors (Lipinski definition) is 1. The maximum Gasteiger partial charge on any atom is 0.225 e. The maximum atomic E-state index is 12.1. The molecule has 0 saturated carbocycles. The zero-order valence-corrected chi connectivity index (χ0v) is 11.7. The van der Waals surface area contributed by atoms with Gasteiger partial charge in [-0.3, -0.25) is 9.48 Å². The second-order valence-electron chi connectivity index (χ2n) is 5.28. The van der Waals surface area contributed by atoms with E-state index in [1.165, 1.54) is 11.1 Å². The average molecular weight is 269 g/mol. The quantitative estimate of drug-likeness (QED) is 0.927. The van der Waals surface area contributed by atoms with Crippen molar-refractivity contribution >= 4 is 11.7 Å². The minimum Gasteiger partial charge on any atom is -0.311 e. The molecular formula is C16H19N3O. The number of nitrogens with one attached hydrogen (secondary N) is 1. The third-order valence-corrected chi connectivity index (χ3v) is 3.81. The molecule has 4 heteroatoms. The second kappa shape index (κ2) is 5.49. The van der Waals surface area contributed by atoms with E-state index < -0.39 is 0 Å². The molecule has 4 nitrogen and oxygen atoms in total. The van der Waals surface area contributed by atoms with Gasteiger partial charge in [-0.05, 0) is 31.2 Å². The van der Waals surface area contributed by atoms with Gasteiger partial charge in [0.05, 0.1) is 5.69 Å². The van der Waals surface area contributed by atoms with E-state index in [1.807, 2.05) is 25.2 Å². The van der Waals surface area contributed by atoms with Crippen LogP contribution in [-0.2, 0) is 31.1 Å². The van der Waals surface area contributed by atoms with Crippen molar-refractivity contribution in [1.29, 1.82) is 0 Å². The van der Waals surface area contributed by atoms with Crippen molar-refractivity contribution in [2.45, 2.75) is 32.1 Å². The van der Waals surface area contributed by atoms with Crippen LogP contribution in [0.25, 0.3) is 0 Å². The molecule has 1 N–H and O–H groups in total. The Morgan fingerprint density at radius 2 is 2.10 bits per heavy atom. The predicted molar refractivity (Wildman–Crippen MR) is 78.6 cm³/mol. The summed E-state index contributed by atoms with van der Waals surface area (Å²) in [4.78, 5) is 12.1. The van der Waals surface area contributed by atoms with Crippen molar-refractivity contribution in [2.24, 2.45) is 7.05 Å². The van der Waals surface area contributed by atoms with Gasteiger partial charge in [0, 0.05) is 19.0 Å². The van der Waals surface area contributed by atoms with Crippen molar-refractivity contribution in [2.75, 3.05) is 5.32 Å². The Balaban J connectivity index is 1.62. The summed E-state index contributed by atoms with van der Waals surface area (Å²) in [6.45, 7) is 0. The number of anilines is 1. The summed E-state index contributed by atoms with van der Waals surface area (Å²) in [6, 6.07) is 10.1. The number of aryl methyl sites for hydroxylation is 3. The van der Waals surface area contributed by atoms with Crippen molar-refractivity contribution in [3.05, 3.63) is 47.2 Å². The van der Waals surface area contributed by atoms with Crippen LogP contribution in [-0.4, -0.2) is 15.7 Å². The Hall–Kier alpha value is -2.10. The molecule has 1 amide bonds. The normalized spacial score (nSPS) is 13.2. The highest BCUT2D eigenvalue weighted by Gasteiger charge is 2.21. The smallest absolute Gasteiger partial charge is 0.225 e. The van der Waals surface area contributed by atoms with Gasteiger partial charge < -0.3 is 5.32 Å². The van der Waals surface area contributed by atoms with Crippen molar-refractivity contribution in [3.63, 3.8) is 0 Å². The summed E-state index contributed by atoms with van der Waals surface area (Å²) in [7, 11) is 1.89. The van der Waals surface area contributed by atoms with Gasteiger partial charge in [0.2, 0.25) is 5.91 Å². The molecule has 0 aliphatic heterocycles. The summed E-state index contributed by atoms with van der Waals surface area (Å²) in [6.07, 6.45) is 4.47. The van der Waals surface area contributed by atoms with Crippen molar-refractivity contribution < 1.29 is 4.79 Å². The summed E-state index contributed by atoms with van der Waals surface area (Å²) in [5.41, 5.74) is 3.56. The molecule has 0 spiro atoms. The Morgan fingerprint density at radius 3 is 2.90 bits per heavy atom. The molecule has 0 atom stereocenters. The van der Waals surface area contributed by atoms with Gasteiger partial charge in [0.1, 0.15) is 5.82 Å². The number of benzene rings is 1. The van der Waals surface area contributed by atoms with E-state index in [4.69, 9.17) is 0 Å². The van der Waals surface area contributed by atoms with Crippen molar-refractivity contribution in [3.8, 4) is 0 Å². The predicted octanol–water partition coefficient (Wildman–Crippen LogP) is 2.48. The van der Waals surface area contributed by atoms with E-state index in [9.17, 15) is 4.79 Å². The van der Waals surface area contributed by atoms with Crippen LogP contribution < -0.4 is 5.32 Å². The van der Waals surface area contributed by atoms with E-state index in [1.54, 1.807) is 4.68 Å². The standard InChI is InChI=1S/C16H19N3O/c1-19-16(13-8-5-9-14(13)18-19)17-15(20)11-10-12-6-3-2-4-7-12/h2-4,6-7H,5,8-11H2,1H3,(H,17,20). The number of carbonyl (C=O) groups is 1. The number of nitrogens with zero attached hydrogens (tertiary/aromatic N) is 2. The Labute approximate surface area is 118 Å². The largest absolute Gasteiger partial charge is 0.311 e. The lowest BCUT2D eigenvalue weighted by molar-refractivity contribution is -0.116. The van der Waals surface area contributed by atoms with Gasteiger partial charge in [0.15, 0.2) is 0 Å². The summed E-state index contributed by atoms with van der Waals surface area (Å²) >= 11 is 0. The molecule has 0 unspecified atom stereocenters. The fourth-order valence-corrected chi connectivity index (χ4v) is 2.77. The van der Waals surface area contributed by atoms with E-state index in [-0.39, 0.29) is 5.91 Å². The van der Waals surface area contributed by atoms with Crippen LogP contribution in [0.3, 0.4) is 0 Å². The lowest BCUT2D eigenvalue weighted by atomic mass is 10.1. The zero-order valence-electron chi connectivity index (χ0n) is 11.7. The van der Waals surface area contributed by atoms with E-state index in [0.29, 0.717) is 6.42 Å². The van der Waals surface area contributed by atoms with Gasteiger partial charge in [0.25, 0.3) is 0 Å². The summed E-state index contributed by atoms with van der Waals surface area (Å²) < 4.78 is 1.80. The third-order valence-electron chi connectivity index (χ3n) is 3.81. The molecule has 2 aromatic rings. The first-order valence-electron chi connectivity index (χ1n) is 7.12. The lowest BCUT2D eigenvalue weighted by Crippen LogP contribution is -2.16. The summed E-state index contributed by atoms with van der Waals surface area (Å²) in [5, 5.41) is 7.49. The minimum absolute atomic E-state index is 0.0616. The monoisotopic (exact) mass is 269 g/mol. The van der Waals surface area contributed by atoms with Gasteiger partial charge in [-0.2, -0.15) is 5.10 Å². The number of amides is 1. The highest BCUT2D eigenvalue weighted by Crippen LogP contribution is 2.28. The third kappa shape index (κ3) is 2.59. The zero-order chi connectivity index (χ0) is 13.9. The molecule has 1 aliphatic rings. The van der Waals surface area contributed by atoms with Crippen molar-refractivity contribution in [1.82, 2.24) is 9.78 Å². The number of carbonyl (C=O) groups excluding carboxylic acids is 1. The van der Waals surface area contributed by atoms with Crippen LogP contribution in [0.5, 0.6) is 0 Å². The van der Waals surface area contributed by atoms with E-state index in [2.05, 4.69) is 22.5 Å². The topological polar surface area (TPSA) is 46.9 Å². The minimum atomic E-state index is 0.0616. The van der Waals surface area contributed by atoms with Gasteiger partial charge in [-0.15, -0.1) is 0 Å². The first-order valence-corrected chi connectivity index (χ1v) is 7.12. The maximum absolute atomic E-state index is 12.1. The van der Waals surface area contributed by atoms with Gasteiger partial charge >= 0.3 is 0 Å². The van der Waals surface area contributed by atoms with E-state index in [0.717, 1.165) is 37.2 Å². The number of fused-ring (bicyclic) bond motifs is 1. The molecule has 104 valence electrons. The molecule has 0 fully saturated rings. The number of rotatable bonds is 4. The molecule has 20 heavy (non-hydrogen) atoms. The Morgan fingerprint density at radius 1 is 1.30 bits per heavy atom. The van der Waals surface area contributed by atoms with Crippen LogP contribution in [0.2, 0.25) is 0 Å². The molecule has 1 aromatic heterocycles. The fourth-order valence-electron chi connectivity index (χ4n) is 2.77. The molecule has 1 aliphatic carbocycles. The SMILES string of the molecule is Cn1nc2c(c1NC(=O)CCc1ccccc1)CCC2. The first kappa shape index (κ1) is 12.9. The van der Waals surface area contributed by atoms with E-state index >= 15 is 0 Å². The molecule has 3 rings (SSSR count). The number of aromatic nitrogens is 2. The molecule has 0 saturated heterocycles. The van der Waals surface area contributed by atoms with Gasteiger partial charge in [-0.25, -0.2) is 0 Å². The fraction of sp³-hybridized carbons (Fsp3) is 0.375. The highest BCUT2D eigenvalue weighted by molar-refractivity contribution is 5.91. The first-order chi connectivity index (χ1) is 9.74. The molecule has 0 bridgehead atoms. The van der Waals surface area contributed by atoms with Crippen LogP contribution >= 0.6 is 0 Å². The van der Waals surface area contributed by atoms with Crippen LogP contribution in [0.4, 0.5) is 5.82 Å². The number of hydrogen-bond acceptors (Lipinski definition) is 2. The Bertz CT molecular complexity index is 616.